The van der Waals surface area contributed by atoms with Gasteiger partial charge in [-0.3, -0.25) is 9.59 Å². The van der Waals surface area contributed by atoms with E-state index in [2.05, 4.69) is 10.1 Å². The van der Waals surface area contributed by atoms with Crippen LogP contribution in [0.25, 0.3) is 0 Å². The minimum absolute atomic E-state index is 0.0593. The van der Waals surface area contributed by atoms with Crippen LogP contribution in [0, 0.1) is 0 Å². The Labute approximate surface area is 122 Å². The number of carboxylic acid groups (broad SMARTS) is 1. The number of nitrogens with two attached hydrogens (primary N) is 1. The Bertz CT molecular complexity index is 517. The van der Waals surface area contributed by atoms with Crippen LogP contribution in [-0.4, -0.2) is 36.2 Å². The Morgan fingerprint density at radius 1 is 1.29 bits per heavy atom. The number of rotatable bonds is 7. The van der Waals surface area contributed by atoms with Gasteiger partial charge in [0.2, 0.25) is 5.91 Å². The summed E-state index contributed by atoms with van der Waals surface area (Å²) in [4.78, 5) is 33.7. The van der Waals surface area contributed by atoms with E-state index in [0.717, 1.165) is 0 Å². The van der Waals surface area contributed by atoms with Crippen LogP contribution in [0.3, 0.4) is 0 Å². The van der Waals surface area contributed by atoms with Crippen LogP contribution in [0.2, 0.25) is 0 Å². The fourth-order valence-corrected chi connectivity index (χ4v) is 1.83. The van der Waals surface area contributed by atoms with E-state index >= 15 is 0 Å². The highest BCUT2D eigenvalue weighted by molar-refractivity contribution is 5.89. The number of primary amides is 1. The second-order valence-corrected chi connectivity index (χ2v) is 4.70. The van der Waals surface area contributed by atoms with Gasteiger partial charge >= 0.3 is 12.1 Å². The lowest BCUT2D eigenvalue weighted by molar-refractivity contribution is -0.145. The van der Waals surface area contributed by atoms with Gasteiger partial charge in [0.25, 0.3) is 0 Å². The molecule has 1 atom stereocenters. The van der Waals surface area contributed by atoms with Crippen molar-refractivity contribution in [3.05, 3.63) is 35.9 Å². The fourth-order valence-electron chi connectivity index (χ4n) is 1.83. The summed E-state index contributed by atoms with van der Waals surface area (Å²) in [7, 11) is 0. The number of aliphatic carboxylic acids is 1. The number of ether oxygens (including phenoxy) is 1. The monoisotopic (exact) mass is 294 g/mol. The number of carboxylic acids is 1. The third-order valence-corrected chi connectivity index (χ3v) is 3.07. The summed E-state index contributed by atoms with van der Waals surface area (Å²) in [5.41, 5.74) is 3.99. The van der Waals surface area contributed by atoms with Gasteiger partial charge in [0.1, 0.15) is 6.61 Å². The maximum Gasteiger partial charge on any atom is 0.404 e. The molecule has 21 heavy (non-hydrogen) atoms. The van der Waals surface area contributed by atoms with Crippen molar-refractivity contribution in [2.45, 2.75) is 18.8 Å². The summed E-state index contributed by atoms with van der Waals surface area (Å²) in [5, 5.41) is 11.9. The molecule has 1 aromatic carbocycles. The van der Waals surface area contributed by atoms with Gasteiger partial charge in [0.15, 0.2) is 0 Å². The molecule has 0 saturated heterocycles. The smallest absolute Gasteiger partial charge is 0.404 e. The zero-order valence-electron chi connectivity index (χ0n) is 11.7. The first-order chi connectivity index (χ1) is 9.86. The standard InChI is InChI=1S/C14H18N2O5/c1-14(12(18)19,10-5-3-2-4-6-10)9-11(17)16-7-8-21-13(15)20/h2-6H,7-9H2,1H3,(H2,15,20)(H,16,17)(H,18,19). The molecule has 4 N–H and O–H groups in total. The zero-order chi connectivity index (χ0) is 15.9. The number of benzene rings is 1. The van der Waals surface area contributed by atoms with E-state index in [4.69, 9.17) is 5.73 Å². The third-order valence-electron chi connectivity index (χ3n) is 3.07. The van der Waals surface area contributed by atoms with Gasteiger partial charge in [-0.25, -0.2) is 4.79 Å². The molecule has 7 nitrogen and oxygen atoms in total. The number of amides is 2. The number of carbonyl (C=O) groups excluding carboxylic acids is 2. The number of hydrogen-bond acceptors (Lipinski definition) is 4. The molecule has 1 unspecified atom stereocenters. The lowest BCUT2D eigenvalue weighted by atomic mass is 9.79. The minimum Gasteiger partial charge on any atom is -0.481 e. The Hall–Kier alpha value is -2.57. The van der Waals surface area contributed by atoms with Gasteiger partial charge in [-0.15, -0.1) is 0 Å². The maximum absolute atomic E-state index is 11.8. The van der Waals surface area contributed by atoms with Crippen molar-refractivity contribution >= 4 is 18.0 Å². The Morgan fingerprint density at radius 3 is 2.43 bits per heavy atom. The summed E-state index contributed by atoms with van der Waals surface area (Å²) >= 11 is 0. The molecule has 0 aliphatic heterocycles. The molecule has 114 valence electrons. The first-order valence-electron chi connectivity index (χ1n) is 6.34. The first kappa shape index (κ1) is 16.5. The van der Waals surface area contributed by atoms with Crippen LogP contribution in [0.1, 0.15) is 18.9 Å². The Balaban J connectivity index is 2.65. The first-order valence-corrected chi connectivity index (χ1v) is 6.34. The topological polar surface area (TPSA) is 119 Å². The number of hydrogen-bond donors (Lipinski definition) is 3. The second kappa shape index (κ2) is 7.28. The van der Waals surface area contributed by atoms with Crippen LogP contribution < -0.4 is 11.1 Å². The number of nitrogens with one attached hydrogen (secondary N) is 1. The van der Waals surface area contributed by atoms with Crippen molar-refractivity contribution in [3.63, 3.8) is 0 Å². The van der Waals surface area contributed by atoms with Crippen LogP contribution in [0.5, 0.6) is 0 Å². The quantitative estimate of drug-likeness (QED) is 0.637. The summed E-state index contributed by atoms with van der Waals surface area (Å²) < 4.78 is 4.46. The molecule has 0 aromatic heterocycles. The van der Waals surface area contributed by atoms with Crippen LogP contribution in [0.4, 0.5) is 4.79 Å². The molecule has 1 rings (SSSR count). The van der Waals surface area contributed by atoms with Crippen molar-refractivity contribution in [3.8, 4) is 0 Å². The molecule has 0 heterocycles. The van der Waals surface area contributed by atoms with Crippen LogP contribution >= 0.6 is 0 Å². The number of carbonyl (C=O) groups is 3. The molecule has 0 fully saturated rings. The molecule has 0 bridgehead atoms. The summed E-state index contributed by atoms with van der Waals surface area (Å²) in [5.74, 6) is -1.53. The van der Waals surface area contributed by atoms with Crippen molar-refractivity contribution < 1.29 is 24.2 Å². The lowest BCUT2D eigenvalue weighted by Gasteiger charge is -2.24. The average molecular weight is 294 g/mol. The van der Waals surface area contributed by atoms with Gasteiger partial charge in [0.05, 0.1) is 12.0 Å². The summed E-state index contributed by atoms with van der Waals surface area (Å²) in [6.45, 7) is 1.51. The van der Waals surface area contributed by atoms with Crippen molar-refractivity contribution in [1.82, 2.24) is 5.32 Å². The fraction of sp³-hybridized carbons (Fsp3) is 0.357. The summed E-state index contributed by atoms with van der Waals surface area (Å²) in [6.07, 6.45) is -1.15. The van der Waals surface area contributed by atoms with E-state index in [9.17, 15) is 19.5 Å². The van der Waals surface area contributed by atoms with E-state index in [0.29, 0.717) is 5.56 Å². The molecule has 0 radical (unpaired) electrons. The predicted octanol–water partition coefficient (Wildman–Crippen LogP) is 0.631. The molecular formula is C14H18N2O5. The van der Waals surface area contributed by atoms with Gasteiger partial charge in [-0.05, 0) is 12.5 Å². The average Bonchev–Trinajstić information content (AvgIpc) is 2.44. The minimum atomic E-state index is -1.32. The van der Waals surface area contributed by atoms with Gasteiger partial charge < -0.3 is 20.9 Å². The molecule has 0 aliphatic carbocycles. The molecule has 0 saturated carbocycles. The van der Waals surface area contributed by atoms with E-state index in [1.165, 1.54) is 6.92 Å². The highest BCUT2D eigenvalue weighted by atomic mass is 16.5. The van der Waals surface area contributed by atoms with Gasteiger partial charge in [-0.1, -0.05) is 30.3 Å². The molecule has 7 heteroatoms. The molecule has 0 spiro atoms. The highest BCUT2D eigenvalue weighted by Crippen LogP contribution is 2.27. The molecule has 2 amide bonds. The summed E-state index contributed by atoms with van der Waals surface area (Å²) in [6, 6.07) is 8.53. The lowest BCUT2D eigenvalue weighted by Crippen LogP contribution is -2.39. The highest BCUT2D eigenvalue weighted by Gasteiger charge is 2.37. The third kappa shape index (κ3) is 4.79. The van der Waals surface area contributed by atoms with Crippen LogP contribution in [0.15, 0.2) is 30.3 Å². The largest absolute Gasteiger partial charge is 0.481 e. The zero-order valence-corrected chi connectivity index (χ0v) is 11.7. The van der Waals surface area contributed by atoms with Crippen molar-refractivity contribution in [1.29, 1.82) is 0 Å². The molecular weight excluding hydrogens is 276 g/mol. The maximum atomic E-state index is 11.8. The molecule has 1 aromatic rings. The van der Waals surface area contributed by atoms with Crippen LogP contribution in [-0.2, 0) is 19.7 Å². The predicted molar refractivity (Wildman–Crippen MR) is 74.6 cm³/mol. The van der Waals surface area contributed by atoms with E-state index in [1.54, 1.807) is 30.3 Å². The van der Waals surface area contributed by atoms with E-state index in [-0.39, 0.29) is 19.6 Å². The molecule has 0 aliphatic rings. The van der Waals surface area contributed by atoms with Crippen molar-refractivity contribution in [2.75, 3.05) is 13.2 Å². The normalized spacial score (nSPS) is 13.0. The second-order valence-electron chi connectivity index (χ2n) is 4.70. The van der Waals surface area contributed by atoms with E-state index in [1.807, 2.05) is 0 Å². The SMILES string of the molecule is CC(CC(=O)NCCOC(N)=O)(C(=O)O)c1ccccc1. The van der Waals surface area contributed by atoms with Gasteiger partial charge in [0, 0.05) is 6.42 Å². The Morgan fingerprint density at radius 2 is 1.90 bits per heavy atom. The van der Waals surface area contributed by atoms with Gasteiger partial charge in [-0.2, -0.15) is 0 Å². The van der Waals surface area contributed by atoms with Crippen molar-refractivity contribution in [2.24, 2.45) is 5.73 Å². The Kier molecular flexibility index (Phi) is 5.71. The van der Waals surface area contributed by atoms with E-state index < -0.39 is 23.4 Å².